The van der Waals surface area contributed by atoms with E-state index < -0.39 is 0 Å². The fraction of sp³-hybridized carbons (Fsp3) is 0.130. The molecule has 1 amide bonds. The Morgan fingerprint density at radius 1 is 1.04 bits per heavy atom. The molecule has 0 saturated carbocycles. The van der Waals surface area contributed by atoms with Gasteiger partial charge in [-0.1, -0.05) is 54.6 Å². The fourth-order valence-corrected chi connectivity index (χ4v) is 3.96. The molecule has 2 aromatic heterocycles. The van der Waals surface area contributed by atoms with Crippen LogP contribution in [0.1, 0.15) is 11.1 Å². The van der Waals surface area contributed by atoms with Crippen molar-refractivity contribution in [2.45, 2.75) is 20.0 Å². The second-order valence-corrected chi connectivity index (χ2v) is 7.49. The second-order valence-electron chi connectivity index (χ2n) is 6.63. The molecule has 0 spiro atoms. The molecule has 1 N–H and O–H groups in total. The molecule has 0 unspecified atom stereocenters. The van der Waals surface area contributed by atoms with Crippen LogP contribution in [0.4, 0.5) is 0 Å². The summed E-state index contributed by atoms with van der Waals surface area (Å²) in [6.07, 6.45) is 1.92. The number of hydrogen-bond acceptors (Lipinski definition) is 3. The minimum atomic E-state index is -0.0134. The summed E-state index contributed by atoms with van der Waals surface area (Å²) in [6, 6.07) is 22.2. The summed E-state index contributed by atoms with van der Waals surface area (Å²) in [7, 11) is 0. The Hall–Kier alpha value is -3.18. The van der Waals surface area contributed by atoms with Crippen molar-refractivity contribution in [1.29, 1.82) is 0 Å². The molecule has 140 valence electrons. The van der Waals surface area contributed by atoms with E-state index in [9.17, 15) is 4.79 Å². The van der Waals surface area contributed by atoms with Crippen molar-refractivity contribution < 1.29 is 4.79 Å². The number of carbonyl (C=O) groups is 1. The van der Waals surface area contributed by atoms with Gasteiger partial charge in [0.05, 0.1) is 11.4 Å². The van der Waals surface area contributed by atoms with Gasteiger partial charge in [-0.25, -0.2) is 4.98 Å². The lowest BCUT2D eigenvalue weighted by Crippen LogP contribution is -2.27. The Morgan fingerprint density at radius 2 is 1.82 bits per heavy atom. The summed E-state index contributed by atoms with van der Waals surface area (Å²) >= 11 is 1.59. The summed E-state index contributed by atoms with van der Waals surface area (Å²) in [5.74, 6) is -0.0134. The van der Waals surface area contributed by atoms with Crippen LogP contribution < -0.4 is 5.32 Å². The monoisotopic (exact) mass is 387 g/mol. The van der Waals surface area contributed by atoms with Gasteiger partial charge in [-0.2, -0.15) is 0 Å². The van der Waals surface area contributed by atoms with Crippen LogP contribution >= 0.6 is 11.3 Å². The van der Waals surface area contributed by atoms with Crippen LogP contribution in [-0.4, -0.2) is 15.5 Å². The lowest BCUT2D eigenvalue weighted by Gasteiger charge is -2.10. The van der Waals surface area contributed by atoms with Gasteiger partial charge in [0.25, 0.3) is 0 Å². The minimum Gasteiger partial charge on any atom is -0.350 e. The molecule has 0 aliphatic carbocycles. The van der Waals surface area contributed by atoms with Crippen LogP contribution in [0.5, 0.6) is 0 Å². The van der Waals surface area contributed by atoms with Crippen molar-refractivity contribution in [2.75, 3.05) is 0 Å². The average Bonchev–Trinajstić information content (AvgIpc) is 3.37. The first-order valence-corrected chi connectivity index (χ1v) is 10.1. The smallest absolute Gasteiger partial charge is 0.240 e. The van der Waals surface area contributed by atoms with E-state index in [1.54, 1.807) is 11.3 Å². The van der Waals surface area contributed by atoms with Gasteiger partial charge in [0.1, 0.15) is 11.6 Å². The molecule has 2 aromatic carbocycles. The van der Waals surface area contributed by atoms with Crippen molar-refractivity contribution in [3.63, 3.8) is 0 Å². The third-order valence-corrected chi connectivity index (χ3v) is 5.54. The van der Waals surface area contributed by atoms with E-state index in [2.05, 4.69) is 35.8 Å². The first-order chi connectivity index (χ1) is 13.7. The van der Waals surface area contributed by atoms with E-state index in [0.29, 0.717) is 6.54 Å². The highest BCUT2D eigenvalue weighted by atomic mass is 32.1. The standard InChI is InChI=1S/C23H21N3OS/c1-17-8-5-6-11-19(17)14-24-22(27)15-26-13-7-12-21(26)23-25-20(16-28-23)18-9-3-2-4-10-18/h2-13,16H,14-15H2,1H3,(H,24,27). The van der Waals surface area contributed by atoms with E-state index in [4.69, 9.17) is 4.98 Å². The zero-order valence-corrected chi connectivity index (χ0v) is 16.4. The topological polar surface area (TPSA) is 46.9 Å². The number of benzene rings is 2. The Morgan fingerprint density at radius 3 is 2.64 bits per heavy atom. The number of amides is 1. The van der Waals surface area contributed by atoms with Crippen LogP contribution in [0.15, 0.2) is 78.3 Å². The number of thiazole rings is 1. The van der Waals surface area contributed by atoms with Gasteiger partial charge in [0.15, 0.2) is 0 Å². The first kappa shape index (κ1) is 18.2. The molecular weight excluding hydrogens is 366 g/mol. The number of aryl methyl sites for hydroxylation is 1. The molecular formula is C23H21N3OS. The number of nitrogens with one attached hydrogen (secondary N) is 1. The van der Waals surface area contributed by atoms with E-state index in [-0.39, 0.29) is 12.5 Å². The van der Waals surface area contributed by atoms with Gasteiger partial charge >= 0.3 is 0 Å². The zero-order chi connectivity index (χ0) is 19.3. The van der Waals surface area contributed by atoms with Crippen LogP contribution in [0.2, 0.25) is 0 Å². The largest absolute Gasteiger partial charge is 0.350 e. The third kappa shape index (κ3) is 4.05. The van der Waals surface area contributed by atoms with Gasteiger partial charge in [0, 0.05) is 23.7 Å². The van der Waals surface area contributed by atoms with Gasteiger partial charge in [-0.15, -0.1) is 11.3 Å². The van der Waals surface area contributed by atoms with E-state index in [1.165, 1.54) is 5.56 Å². The highest BCUT2D eigenvalue weighted by Crippen LogP contribution is 2.29. The predicted molar refractivity (Wildman–Crippen MR) is 114 cm³/mol. The van der Waals surface area contributed by atoms with Crippen molar-refractivity contribution >= 4 is 17.2 Å². The normalized spacial score (nSPS) is 10.8. The highest BCUT2D eigenvalue weighted by molar-refractivity contribution is 7.13. The summed E-state index contributed by atoms with van der Waals surface area (Å²) in [4.78, 5) is 17.2. The molecule has 0 atom stereocenters. The quantitative estimate of drug-likeness (QED) is 0.511. The summed E-state index contributed by atoms with van der Waals surface area (Å²) < 4.78 is 1.95. The molecule has 4 nitrogen and oxygen atoms in total. The number of aromatic nitrogens is 2. The maximum atomic E-state index is 12.5. The van der Waals surface area contributed by atoms with Gasteiger partial charge in [0.2, 0.25) is 5.91 Å². The third-order valence-electron chi connectivity index (χ3n) is 4.67. The Balaban J connectivity index is 1.45. The summed E-state index contributed by atoms with van der Waals surface area (Å²) in [5.41, 5.74) is 5.33. The Bertz CT molecular complexity index is 1080. The predicted octanol–water partition coefficient (Wildman–Crippen LogP) is 4.90. The summed E-state index contributed by atoms with van der Waals surface area (Å²) in [5, 5.41) is 5.98. The number of nitrogens with zero attached hydrogens (tertiary/aromatic N) is 2. The van der Waals surface area contributed by atoms with Crippen LogP contribution in [0, 0.1) is 6.92 Å². The van der Waals surface area contributed by atoms with Crippen molar-refractivity contribution in [2.24, 2.45) is 0 Å². The van der Waals surface area contributed by atoms with Crippen LogP contribution in [0.25, 0.3) is 22.0 Å². The zero-order valence-electron chi connectivity index (χ0n) is 15.6. The van der Waals surface area contributed by atoms with Crippen molar-refractivity contribution in [3.05, 3.63) is 89.4 Å². The van der Waals surface area contributed by atoms with Crippen LogP contribution in [-0.2, 0) is 17.9 Å². The van der Waals surface area contributed by atoms with Crippen molar-refractivity contribution in [3.8, 4) is 22.0 Å². The fourth-order valence-electron chi connectivity index (χ4n) is 3.09. The first-order valence-electron chi connectivity index (χ1n) is 9.18. The van der Waals surface area contributed by atoms with Gasteiger partial charge in [-0.05, 0) is 30.2 Å². The molecule has 0 saturated heterocycles. The van der Waals surface area contributed by atoms with E-state index in [1.807, 2.05) is 59.3 Å². The lowest BCUT2D eigenvalue weighted by atomic mass is 10.1. The molecule has 0 radical (unpaired) electrons. The Labute approximate surface area is 168 Å². The molecule has 4 aromatic rings. The van der Waals surface area contributed by atoms with Crippen molar-refractivity contribution in [1.82, 2.24) is 14.9 Å². The molecule has 0 fully saturated rings. The molecule has 0 aliphatic heterocycles. The average molecular weight is 388 g/mol. The maximum absolute atomic E-state index is 12.5. The molecule has 28 heavy (non-hydrogen) atoms. The summed E-state index contributed by atoms with van der Waals surface area (Å²) in [6.45, 7) is 2.87. The molecule has 0 bridgehead atoms. The maximum Gasteiger partial charge on any atom is 0.240 e. The second kappa shape index (κ2) is 8.23. The molecule has 4 rings (SSSR count). The van der Waals surface area contributed by atoms with Gasteiger partial charge < -0.3 is 9.88 Å². The Kier molecular flexibility index (Phi) is 5.35. The van der Waals surface area contributed by atoms with Gasteiger partial charge in [-0.3, -0.25) is 4.79 Å². The lowest BCUT2D eigenvalue weighted by molar-refractivity contribution is -0.121. The minimum absolute atomic E-state index is 0.0134. The SMILES string of the molecule is Cc1ccccc1CNC(=O)Cn1cccc1-c1nc(-c2ccccc2)cs1. The number of hydrogen-bond donors (Lipinski definition) is 1. The number of rotatable bonds is 6. The van der Waals surface area contributed by atoms with E-state index >= 15 is 0 Å². The molecule has 5 heteroatoms. The highest BCUT2D eigenvalue weighted by Gasteiger charge is 2.12. The molecule has 2 heterocycles. The molecule has 0 aliphatic rings. The number of carbonyl (C=O) groups excluding carboxylic acids is 1. The van der Waals surface area contributed by atoms with Crippen LogP contribution in [0.3, 0.4) is 0 Å². The van der Waals surface area contributed by atoms with E-state index in [0.717, 1.165) is 27.5 Å².